The number of hydrogen-bond donors (Lipinski definition) is 0. The molecule has 4 aromatic rings. The van der Waals surface area contributed by atoms with Gasteiger partial charge in [0.05, 0.1) is 29.0 Å². The Bertz CT molecular complexity index is 1860. The van der Waals surface area contributed by atoms with Gasteiger partial charge in [-0.1, -0.05) is 63.1 Å². The summed E-state index contributed by atoms with van der Waals surface area (Å²) in [6.07, 6.45) is 1.47. The first-order chi connectivity index (χ1) is 20.1. The normalized spacial score (nSPS) is 14.9. The van der Waals surface area contributed by atoms with E-state index in [1.165, 1.54) is 11.3 Å². The number of fused-ring (bicyclic) bond motifs is 1. The Labute approximate surface area is 260 Å². The molecule has 5 rings (SSSR count). The molecule has 0 bridgehead atoms. The molecular weight excluding hydrogens is 640 g/mol. The Morgan fingerprint density at radius 3 is 2.60 bits per heavy atom. The Morgan fingerprint density at radius 2 is 1.90 bits per heavy atom. The summed E-state index contributed by atoms with van der Waals surface area (Å²) >= 11 is 10.9. The zero-order chi connectivity index (χ0) is 30.0. The Kier molecular flexibility index (Phi) is 9.01. The fraction of sp³-hybridized carbons (Fsp3) is 0.219. The zero-order valence-electron chi connectivity index (χ0n) is 23.4. The summed E-state index contributed by atoms with van der Waals surface area (Å²) in [4.78, 5) is 32.5. The highest BCUT2D eigenvalue weighted by Crippen LogP contribution is 2.37. The van der Waals surface area contributed by atoms with E-state index >= 15 is 0 Å². The van der Waals surface area contributed by atoms with Crippen molar-refractivity contribution >= 4 is 50.9 Å². The fourth-order valence-corrected chi connectivity index (χ4v) is 6.32. The molecule has 7 nitrogen and oxygen atoms in total. The van der Waals surface area contributed by atoms with E-state index in [9.17, 15) is 9.59 Å². The minimum Gasteiger partial charge on any atom is -0.496 e. The molecule has 0 spiro atoms. The molecule has 0 saturated carbocycles. The van der Waals surface area contributed by atoms with E-state index in [-0.39, 0.29) is 11.7 Å². The van der Waals surface area contributed by atoms with Crippen LogP contribution in [0.3, 0.4) is 0 Å². The third-order valence-electron chi connectivity index (χ3n) is 6.54. The molecule has 2 heterocycles. The summed E-state index contributed by atoms with van der Waals surface area (Å²) in [6, 6.07) is 19.7. The second kappa shape index (κ2) is 12.7. The number of thiazole rings is 1. The lowest BCUT2D eigenvalue weighted by atomic mass is 9.95. The molecule has 0 aliphatic carbocycles. The van der Waals surface area contributed by atoms with Crippen LogP contribution in [0, 0.1) is 0 Å². The second-order valence-electron chi connectivity index (χ2n) is 9.91. The van der Waals surface area contributed by atoms with Crippen molar-refractivity contribution in [2.75, 3.05) is 7.11 Å². The summed E-state index contributed by atoms with van der Waals surface area (Å²) in [5.74, 6) is 0.705. The van der Waals surface area contributed by atoms with Gasteiger partial charge >= 0.3 is 5.97 Å². The summed E-state index contributed by atoms with van der Waals surface area (Å²) in [6.45, 7) is 5.71. The van der Waals surface area contributed by atoms with Crippen LogP contribution in [0.15, 0.2) is 92.3 Å². The van der Waals surface area contributed by atoms with Crippen LogP contribution >= 0.6 is 38.9 Å². The lowest BCUT2D eigenvalue weighted by Crippen LogP contribution is -2.40. The standard InChI is InChI=1S/C32H28BrClN2O5S/c1-18(2)41-31(38)28-19(3)35-32-36(29(28)25-16-22(33)10-13-26(25)39-4)30(37)27(42-32)15-20-8-11-24(12-9-20)40-17-21-6-5-7-23(34)14-21/h5-16,18,29H,17H2,1-4H3/b27-15-/t29-/m1/s1. The molecule has 3 aromatic carbocycles. The number of hydrogen-bond acceptors (Lipinski definition) is 7. The molecule has 1 atom stereocenters. The number of allylic oxidation sites excluding steroid dienone is 1. The number of nitrogens with zero attached hydrogens (tertiary/aromatic N) is 2. The third-order valence-corrected chi connectivity index (χ3v) is 8.25. The average Bonchev–Trinajstić information content (AvgIpc) is 3.25. The van der Waals surface area contributed by atoms with E-state index in [0.29, 0.717) is 49.3 Å². The van der Waals surface area contributed by atoms with Gasteiger partial charge < -0.3 is 14.2 Å². The lowest BCUT2D eigenvalue weighted by molar-refractivity contribution is -0.143. The molecule has 0 amide bonds. The predicted octanol–water partition coefficient (Wildman–Crippen LogP) is 6.19. The highest BCUT2D eigenvalue weighted by atomic mass is 79.9. The molecule has 0 saturated heterocycles. The first kappa shape index (κ1) is 29.8. The number of esters is 1. The maximum Gasteiger partial charge on any atom is 0.338 e. The van der Waals surface area contributed by atoms with E-state index in [1.807, 2.05) is 66.7 Å². The molecule has 0 fully saturated rings. The number of methoxy groups -OCH3 is 1. The molecule has 1 aliphatic rings. The van der Waals surface area contributed by atoms with Gasteiger partial charge in [-0.15, -0.1) is 0 Å². The monoisotopic (exact) mass is 666 g/mol. The van der Waals surface area contributed by atoms with Gasteiger partial charge in [0.2, 0.25) is 0 Å². The molecule has 0 unspecified atom stereocenters. The molecule has 1 aromatic heterocycles. The Morgan fingerprint density at radius 1 is 1.14 bits per heavy atom. The molecule has 10 heteroatoms. The van der Waals surface area contributed by atoms with Crippen LogP contribution in [-0.2, 0) is 16.1 Å². The highest BCUT2D eigenvalue weighted by molar-refractivity contribution is 9.10. The number of benzene rings is 3. The summed E-state index contributed by atoms with van der Waals surface area (Å²) in [5.41, 5.74) is 2.94. The van der Waals surface area contributed by atoms with Gasteiger partial charge in [0.25, 0.3) is 5.56 Å². The maximum atomic E-state index is 14.0. The quantitative estimate of drug-likeness (QED) is 0.210. The SMILES string of the molecule is COc1ccc(Br)cc1[C@@H]1C(C(=O)OC(C)C)=C(C)N=c2s/c(=C\c3ccc(OCc4cccc(Cl)c4)cc3)c(=O)n21. The van der Waals surface area contributed by atoms with Gasteiger partial charge in [0.1, 0.15) is 24.1 Å². The van der Waals surface area contributed by atoms with Gasteiger partial charge in [0, 0.05) is 15.1 Å². The van der Waals surface area contributed by atoms with Crippen molar-refractivity contribution in [2.24, 2.45) is 4.99 Å². The van der Waals surface area contributed by atoms with Gasteiger partial charge in [-0.25, -0.2) is 9.79 Å². The molecule has 42 heavy (non-hydrogen) atoms. The van der Waals surface area contributed by atoms with Gasteiger partial charge in [0.15, 0.2) is 4.80 Å². The van der Waals surface area contributed by atoms with Crippen molar-refractivity contribution in [3.8, 4) is 11.5 Å². The molecule has 216 valence electrons. The van der Waals surface area contributed by atoms with Gasteiger partial charge in [-0.3, -0.25) is 9.36 Å². The zero-order valence-corrected chi connectivity index (χ0v) is 26.5. The van der Waals surface area contributed by atoms with Crippen molar-refractivity contribution in [1.29, 1.82) is 0 Å². The van der Waals surface area contributed by atoms with Crippen LogP contribution in [-0.4, -0.2) is 23.8 Å². The van der Waals surface area contributed by atoms with Crippen LogP contribution in [0.25, 0.3) is 6.08 Å². The fourth-order valence-electron chi connectivity index (χ4n) is 4.68. The maximum absolute atomic E-state index is 14.0. The third kappa shape index (κ3) is 6.38. The minimum atomic E-state index is -0.788. The van der Waals surface area contributed by atoms with Gasteiger partial charge in [-0.2, -0.15) is 0 Å². The smallest absolute Gasteiger partial charge is 0.338 e. The first-order valence-electron chi connectivity index (χ1n) is 13.2. The number of carbonyl (C=O) groups excluding carboxylic acids is 1. The van der Waals surface area contributed by atoms with E-state index in [1.54, 1.807) is 38.5 Å². The number of ether oxygens (including phenoxy) is 3. The van der Waals surface area contributed by atoms with Crippen molar-refractivity contribution in [3.63, 3.8) is 0 Å². The first-order valence-corrected chi connectivity index (χ1v) is 15.2. The largest absolute Gasteiger partial charge is 0.496 e. The minimum absolute atomic E-state index is 0.269. The van der Waals surface area contributed by atoms with Crippen LogP contribution in [0.1, 0.15) is 43.5 Å². The van der Waals surface area contributed by atoms with Crippen LogP contribution < -0.4 is 24.4 Å². The highest BCUT2D eigenvalue weighted by Gasteiger charge is 2.35. The number of aromatic nitrogens is 1. The number of halogens is 2. The summed E-state index contributed by atoms with van der Waals surface area (Å²) in [5, 5.41) is 0.660. The second-order valence-corrected chi connectivity index (χ2v) is 12.3. The molecular formula is C32H28BrClN2O5S. The van der Waals surface area contributed by atoms with E-state index in [4.69, 9.17) is 25.8 Å². The Balaban J connectivity index is 1.54. The summed E-state index contributed by atoms with van der Waals surface area (Å²) in [7, 11) is 1.56. The molecule has 0 radical (unpaired) electrons. The van der Waals surface area contributed by atoms with Crippen molar-refractivity contribution in [1.82, 2.24) is 4.57 Å². The van der Waals surface area contributed by atoms with E-state index < -0.39 is 12.0 Å². The number of rotatable bonds is 8. The average molecular weight is 668 g/mol. The topological polar surface area (TPSA) is 79.1 Å². The Hall–Kier alpha value is -3.66. The lowest BCUT2D eigenvalue weighted by Gasteiger charge is -2.26. The number of carbonyl (C=O) groups is 1. The van der Waals surface area contributed by atoms with E-state index in [2.05, 4.69) is 20.9 Å². The predicted molar refractivity (Wildman–Crippen MR) is 168 cm³/mol. The molecule has 1 aliphatic heterocycles. The molecule has 0 N–H and O–H groups in total. The van der Waals surface area contributed by atoms with Gasteiger partial charge in [-0.05, 0) is 80.4 Å². The van der Waals surface area contributed by atoms with E-state index in [0.717, 1.165) is 15.6 Å². The van der Waals surface area contributed by atoms with Crippen LogP contribution in [0.5, 0.6) is 11.5 Å². The van der Waals surface area contributed by atoms with Crippen LogP contribution in [0.4, 0.5) is 0 Å². The van der Waals surface area contributed by atoms with Crippen molar-refractivity contribution < 1.29 is 19.0 Å². The summed E-state index contributed by atoms with van der Waals surface area (Å²) < 4.78 is 19.9. The van der Waals surface area contributed by atoms with Crippen molar-refractivity contribution in [2.45, 2.75) is 39.5 Å². The van der Waals surface area contributed by atoms with Crippen molar-refractivity contribution in [3.05, 3.63) is 124 Å². The van der Waals surface area contributed by atoms with Crippen LogP contribution in [0.2, 0.25) is 5.02 Å².